The Labute approximate surface area is 82.4 Å². The van der Waals surface area contributed by atoms with E-state index in [1.807, 2.05) is 0 Å². The van der Waals surface area contributed by atoms with Gasteiger partial charge in [-0.05, 0) is 0 Å². The summed E-state index contributed by atoms with van der Waals surface area (Å²) in [6.07, 6.45) is 0.480. The van der Waals surface area contributed by atoms with Crippen LogP contribution in [0.5, 0.6) is 0 Å². The third kappa shape index (κ3) is 3.55. The van der Waals surface area contributed by atoms with E-state index in [1.165, 1.54) is 14.2 Å². The van der Waals surface area contributed by atoms with E-state index < -0.39 is 23.8 Å². The molecule has 5 nitrogen and oxygen atoms in total. The monoisotopic (exact) mass is 202 g/mol. The number of hydrogen-bond donors (Lipinski definition) is 0. The zero-order chi connectivity index (χ0) is 11.1. The van der Waals surface area contributed by atoms with E-state index in [0.29, 0.717) is 6.29 Å². The number of ether oxygens (including phenoxy) is 2. The highest BCUT2D eigenvalue weighted by atomic mass is 16.5. The molecule has 0 saturated heterocycles. The van der Waals surface area contributed by atoms with Crippen molar-refractivity contribution in [2.75, 3.05) is 14.2 Å². The van der Waals surface area contributed by atoms with Crippen molar-refractivity contribution >= 4 is 18.2 Å². The molecule has 0 aliphatic heterocycles. The second-order valence-corrected chi connectivity index (χ2v) is 2.91. The summed E-state index contributed by atoms with van der Waals surface area (Å²) in [5.41, 5.74) is 0. The maximum atomic E-state index is 11.2. The average molecular weight is 202 g/mol. The van der Waals surface area contributed by atoms with Gasteiger partial charge in [0.25, 0.3) is 0 Å². The van der Waals surface area contributed by atoms with Gasteiger partial charge < -0.3 is 14.3 Å². The van der Waals surface area contributed by atoms with Crippen LogP contribution in [0.2, 0.25) is 0 Å². The van der Waals surface area contributed by atoms with Crippen LogP contribution in [0.3, 0.4) is 0 Å². The third-order valence-corrected chi connectivity index (χ3v) is 1.97. The predicted octanol–water partition coefficient (Wildman–Crippen LogP) is 0.174. The highest BCUT2D eigenvalue weighted by molar-refractivity contribution is 5.82. The fourth-order valence-corrected chi connectivity index (χ4v) is 0.993. The van der Waals surface area contributed by atoms with Crippen molar-refractivity contribution in [3.63, 3.8) is 0 Å². The van der Waals surface area contributed by atoms with Crippen LogP contribution in [-0.2, 0) is 23.9 Å². The third-order valence-electron chi connectivity index (χ3n) is 1.97. The van der Waals surface area contributed by atoms with Gasteiger partial charge in [0, 0.05) is 5.92 Å². The Morgan fingerprint density at radius 2 is 1.86 bits per heavy atom. The molecule has 0 aromatic heterocycles. The van der Waals surface area contributed by atoms with Gasteiger partial charge in [0.2, 0.25) is 0 Å². The summed E-state index contributed by atoms with van der Waals surface area (Å²) < 4.78 is 8.88. The molecule has 0 aliphatic rings. The smallest absolute Gasteiger partial charge is 0.309 e. The Morgan fingerprint density at radius 3 is 2.21 bits per heavy atom. The first kappa shape index (κ1) is 12.6. The highest BCUT2D eigenvalue weighted by Gasteiger charge is 2.28. The lowest BCUT2D eigenvalue weighted by Crippen LogP contribution is -2.27. The highest BCUT2D eigenvalue weighted by Crippen LogP contribution is 2.16. The van der Waals surface area contributed by atoms with Crippen LogP contribution < -0.4 is 0 Å². The number of methoxy groups -OCH3 is 2. The molecule has 5 heteroatoms. The maximum absolute atomic E-state index is 11.2. The van der Waals surface area contributed by atoms with Crippen LogP contribution in [0.4, 0.5) is 0 Å². The van der Waals surface area contributed by atoms with Crippen LogP contribution in [0.1, 0.15) is 13.3 Å². The zero-order valence-corrected chi connectivity index (χ0v) is 8.48. The van der Waals surface area contributed by atoms with Gasteiger partial charge in [0.15, 0.2) is 0 Å². The maximum Gasteiger partial charge on any atom is 0.309 e. The first-order valence-corrected chi connectivity index (χ1v) is 4.16. The van der Waals surface area contributed by atoms with Gasteiger partial charge in [-0.3, -0.25) is 9.59 Å². The molecule has 0 fully saturated rings. The van der Waals surface area contributed by atoms with E-state index in [9.17, 15) is 14.4 Å². The Hall–Kier alpha value is -1.39. The SMILES string of the molecule is COC(=O)CC(C(=O)OC)C(C)C=O. The molecule has 0 bridgehead atoms. The van der Waals surface area contributed by atoms with E-state index in [2.05, 4.69) is 9.47 Å². The zero-order valence-electron chi connectivity index (χ0n) is 8.48. The van der Waals surface area contributed by atoms with E-state index >= 15 is 0 Å². The lowest BCUT2D eigenvalue weighted by atomic mass is 9.92. The molecule has 2 unspecified atom stereocenters. The summed E-state index contributed by atoms with van der Waals surface area (Å²) in [7, 11) is 2.44. The minimum atomic E-state index is -0.759. The van der Waals surface area contributed by atoms with Crippen molar-refractivity contribution in [1.29, 1.82) is 0 Å². The number of aldehydes is 1. The average Bonchev–Trinajstić information content (AvgIpc) is 2.23. The lowest BCUT2D eigenvalue weighted by Gasteiger charge is -2.15. The van der Waals surface area contributed by atoms with Crippen LogP contribution in [0.15, 0.2) is 0 Å². The first-order chi connectivity index (χ1) is 6.56. The van der Waals surface area contributed by atoms with Crippen molar-refractivity contribution < 1.29 is 23.9 Å². The molecule has 14 heavy (non-hydrogen) atoms. The molecule has 0 radical (unpaired) electrons. The summed E-state index contributed by atoms with van der Waals surface area (Å²) in [5, 5.41) is 0. The summed E-state index contributed by atoms with van der Waals surface area (Å²) in [6, 6.07) is 0. The Balaban J connectivity index is 4.47. The molecule has 0 heterocycles. The standard InChI is InChI=1S/C9H14O5/c1-6(5-10)7(9(12)14-3)4-8(11)13-2/h5-7H,4H2,1-3H3. The molecule has 80 valence electrons. The summed E-state index contributed by atoms with van der Waals surface area (Å²) in [6.45, 7) is 1.55. The van der Waals surface area contributed by atoms with E-state index in [4.69, 9.17) is 0 Å². The van der Waals surface area contributed by atoms with Gasteiger partial charge in [-0.1, -0.05) is 6.92 Å². The van der Waals surface area contributed by atoms with Gasteiger partial charge >= 0.3 is 11.9 Å². The number of esters is 2. The van der Waals surface area contributed by atoms with Gasteiger partial charge in [-0.2, -0.15) is 0 Å². The molecule has 0 spiro atoms. The Kier molecular flexibility index (Phi) is 5.52. The fourth-order valence-electron chi connectivity index (χ4n) is 0.993. The van der Waals surface area contributed by atoms with Gasteiger partial charge in [-0.25, -0.2) is 0 Å². The van der Waals surface area contributed by atoms with E-state index in [1.54, 1.807) is 6.92 Å². The van der Waals surface area contributed by atoms with E-state index in [-0.39, 0.29) is 6.42 Å². The predicted molar refractivity (Wildman–Crippen MR) is 47.4 cm³/mol. The largest absolute Gasteiger partial charge is 0.469 e. The summed E-state index contributed by atoms with van der Waals surface area (Å²) >= 11 is 0. The van der Waals surface area contributed by atoms with Crippen molar-refractivity contribution in [2.24, 2.45) is 11.8 Å². The molecule has 0 aromatic carbocycles. The second kappa shape index (κ2) is 6.12. The molecule has 0 N–H and O–H groups in total. The van der Waals surface area contributed by atoms with Crippen molar-refractivity contribution in [3.05, 3.63) is 0 Å². The molecule has 2 atom stereocenters. The Bertz CT molecular complexity index is 223. The van der Waals surface area contributed by atoms with Crippen LogP contribution >= 0.6 is 0 Å². The molecule has 0 aromatic rings. The van der Waals surface area contributed by atoms with Crippen molar-refractivity contribution in [2.45, 2.75) is 13.3 Å². The fraction of sp³-hybridized carbons (Fsp3) is 0.667. The minimum Gasteiger partial charge on any atom is -0.469 e. The molecule has 0 saturated carbocycles. The summed E-state index contributed by atoms with van der Waals surface area (Å²) in [4.78, 5) is 32.6. The van der Waals surface area contributed by atoms with Gasteiger partial charge in [-0.15, -0.1) is 0 Å². The van der Waals surface area contributed by atoms with E-state index in [0.717, 1.165) is 0 Å². The lowest BCUT2D eigenvalue weighted by molar-refractivity contribution is -0.154. The Morgan fingerprint density at radius 1 is 1.29 bits per heavy atom. The quantitative estimate of drug-likeness (QED) is 0.469. The molecular weight excluding hydrogens is 188 g/mol. The summed E-state index contributed by atoms with van der Waals surface area (Å²) in [5.74, 6) is -2.42. The molecule has 0 aliphatic carbocycles. The number of carbonyl (C=O) groups is 3. The van der Waals surface area contributed by atoms with Gasteiger partial charge in [0.1, 0.15) is 6.29 Å². The number of hydrogen-bond acceptors (Lipinski definition) is 5. The topological polar surface area (TPSA) is 69.7 Å². The van der Waals surface area contributed by atoms with Crippen LogP contribution in [-0.4, -0.2) is 32.4 Å². The van der Waals surface area contributed by atoms with Crippen LogP contribution in [0.25, 0.3) is 0 Å². The molecular formula is C9H14O5. The van der Waals surface area contributed by atoms with Gasteiger partial charge in [0.05, 0.1) is 26.6 Å². The number of rotatable bonds is 5. The van der Waals surface area contributed by atoms with Crippen molar-refractivity contribution in [3.8, 4) is 0 Å². The molecule has 0 amide bonds. The normalized spacial score (nSPS) is 13.9. The van der Waals surface area contributed by atoms with Crippen molar-refractivity contribution in [1.82, 2.24) is 0 Å². The molecule has 0 rings (SSSR count). The minimum absolute atomic E-state index is 0.136. The first-order valence-electron chi connectivity index (χ1n) is 4.16. The number of carbonyl (C=O) groups excluding carboxylic acids is 3. The van der Waals surface area contributed by atoms with Crippen LogP contribution in [0, 0.1) is 11.8 Å². The second-order valence-electron chi connectivity index (χ2n) is 2.91.